The molecule has 0 bridgehead atoms. The topological polar surface area (TPSA) is 35.6 Å². The molecule has 0 radical (unpaired) electrons. The molecule has 0 N–H and O–H groups in total. The van der Waals surface area contributed by atoms with Crippen molar-refractivity contribution in [3.05, 3.63) is 182 Å². The molecule has 3 aromatic heterocycles. The average molecular weight is 639 g/mol. The Balaban J connectivity index is 1.21. The normalized spacial score (nSPS) is 11.6. The van der Waals surface area contributed by atoms with E-state index >= 15 is 0 Å². The molecule has 0 aliphatic heterocycles. The maximum absolute atomic E-state index is 5.08. The average Bonchev–Trinajstić information content (AvgIpc) is 3.72. The molecular weight excluding hydrogens is 609 g/mol. The highest BCUT2D eigenvalue weighted by Crippen LogP contribution is 2.41. The summed E-state index contributed by atoms with van der Waals surface area (Å²) in [6.07, 6.45) is 0. The summed E-state index contributed by atoms with van der Waals surface area (Å²) in [5.41, 5.74) is 11.9. The van der Waals surface area contributed by atoms with Crippen molar-refractivity contribution in [1.29, 1.82) is 0 Å². The maximum atomic E-state index is 5.08. The lowest BCUT2D eigenvalue weighted by molar-refractivity contribution is 1.15. The number of hydrogen-bond donors (Lipinski definition) is 0. The Hall–Kier alpha value is -6.78. The van der Waals surface area contributed by atoms with Crippen LogP contribution in [0.2, 0.25) is 0 Å². The monoisotopic (exact) mass is 638 g/mol. The number of para-hydroxylation sites is 3. The van der Waals surface area contributed by atoms with Crippen LogP contribution in [0.15, 0.2) is 182 Å². The zero-order chi connectivity index (χ0) is 33.0. The second-order valence-corrected chi connectivity index (χ2v) is 12.6. The molecule has 0 amide bonds. The fraction of sp³-hybridized carbons (Fsp3) is 0. The van der Waals surface area contributed by atoms with Gasteiger partial charge < -0.3 is 9.13 Å². The molecule has 0 aliphatic carbocycles. The van der Waals surface area contributed by atoms with Crippen molar-refractivity contribution in [2.24, 2.45) is 0 Å². The van der Waals surface area contributed by atoms with Gasteiger partial charge in [0, 0.05) is 49.6 Å². The van der Waals surface area contributed by atoms with Gasteiger partial charge in [-0.1, -0.05) is 140 Å². The van der Waals surface area contributed by atoms with Gasteiger partial charge in [0.25, 0.3) is 0 Å². The minimum atomic E-state index is 0.713. The van der Waals surface area contributed by atoms with E-state index in [2.05, 4.69) is 155 Å². The molecule has 50 heavy (non-hydrogen) atoms. The smallest absolute Gasteiger partial charge is 0.160 e. The molecule has 10 aromatic rings. The van der Waals surface area contributed by atoms with Crippen molar-refractivity contribution < 1.29 is 0 Å². The molecule has 234 valence electrons. The number of rotatable bonds is 5. The van der Waals surface area contributed by atoms with Crippen LogP contribution < -0.4 is 0 Å². The first-order chi connectivity index (χ1) is 24.8. The van der Waals surface area contributed by atoms with E-state index in [9.17, 15) is 0 Å². The summed E-state index contributed by atoms with van der Waals surface area (Å²) in [6, 6.07) is 64.2. The second kappa shape index (κ2) is 11.4. The van der Waals surface area contributed by atoms with Gasteiger partial charge in [-0.25, -0.2) is 9.97 Å². The van der Waals surface area contributed by atoms with E-state index < -0.39 is 0 Å². The molecule has 0 saturated heterocycles. The Bertz CT molecular complexity index is 2770. The summed E-state index contributed by atoms with van der Waals surface area (Å²) in [5, 5.41) is 4.94. The minimum absolute atomic E-state index is 0.713. The largest absolute Gasteiger partial charge is 0.307 e. The number of fused-ring (bicyclic) bond motifs is 7. The van der Waals surface area contributed by atoms with Gasteiger partial charge in [-0.2, -0.15) is 0 Å². The van der Waals surface area contributed by atoms with E-state index in [4.69, 9.17) is 9.97 Å². The summed E-state index contributed by atoms with van der Waals surface area (Å²) in [4.78, 5) is 10.1. The van der Waals surface area contributed by atoms with E-state index in [0.717, 1.165) is 39.5 Å². The fourth-order valence-electron chi connectivity index (χ4n) is 7.46. The molecular formula is C46H30N4. The summed E-state index contributed by atoms with van der Waals surface area (Å²) in [7, 11) is 0. The Morgan fingerprint density at radius 3 is 1.28 bits per heavy atom. The Kier molecular flexibility index (Phi) is 6.46. The van der Waals surface area contributed by atoms with Gasteiger partial charge in [-0.05, 0) is 42.5 Å². The molecule has 3 heterocycles. The van der Waals surface area contributed by atoms with Crippen LogP contribution >= 0.6 is 0 Å². The number of hydrogen-bond acceptors (Lipinski definition) is 2. The molecule has 0 aliphatic rings. The summed E-state index contributed by atoms with van der Waals surface area (Å²) in [5.74, 6) is 0.713. The van der Waals surface area contributed by atoms with E-state index in [-0.39, 0.29) is 0 Å². The Morgan fingerprint density at radius 2 is 0.740 bits per heavy atom. The molecule has 4 heteroatoms. The lowest BCUT2D eigenvalue weighted by atomic mass is 10.1. The van der Waals surface area contributed by atoms with Gasteiger partial charge >= 0.3 is 0 Å². The molecule has 10 rings (SSSR count). The van der Waals surface area contributed by atoms with Crippen LogP contribution in [0.1, 0.15) is 0 Å². The van der Waals surface area contributed by atoms with E-state index in [1.54, 1.807) is 0 Å². The van der Waals surface area contributed by atoms with Gasteiger partial charge in [0.15, 0.2) is 5.82 Å². The number of aromatic nitrogens is 4. The van der Waals surface area contributed by atoms with Crippen molar-refractivity contribution >= 4 is 43.6 Å². The highest BCUT2D eigenvalue weighted by molar-refractivity contribution is 6.23. The number of nitrogens with zero attached hydrogens (tertiary/aromatic N) is 4. The van der Waals surface area contributed by atoms with Crippen LogP contribution in [0, 0.1) is 0 Å². The predicted octanol–water partition coefficient (Wildman–Crippen LogP) is 11.7. The van der Waals surface area contributed by atoms with Crippen LogP contribution in [-0.4, -0.2) is 19.1 Å². The zero-order valence-electron chi connectivity index (χ0n) is 27.1. The van der Waals surface area contributed by atoms with Crippen LogP contribution in [0.3, 0.4) is 0 Å². The van der Waals surface area contributed by atoms with Crippen molar-refractivity contribution in [2.75, 3.05) is 0 Å². The molecule has 0 saturated carbocycles. The minimum Gasteiger partial charge on any atom is -0.307 e. The second-order valence-electron chi connectivity index (χ2n) is 12.6. The van der Waals surface area contributed by atoms with Gasteiger partial charge in [-0.3, -0.25) is 0 Å². The first kappa shape index (κ1) is 28.3. The molecule has 0 atom stereocenters. The van der Waals surface area contributed by atoms with Crippen LogP contribution in [0.4, 0.5) is 0 Å². The maximum Gasteiger partial charge on any atom is 0.160 e. The van der Waals surface area contributed by atoms with Crippen molar-refractivity contribution in [2.45, 2.75) is 0 Å². The standard InChI is InChI=1S/C46H30N4/c1-4-14-31(15-5-1)40-30-41(48-46(47-40)33-16-6-2-7-17-33)32-24-26-35(27-25-32)50-43-23-13-11-21-37(43)39-29-28-38-36-20-10-12-22-42(36)49(44(38)45(39)50)34-18-8-3-9-19-34/h1-30H. The van der Waals surface area contributed by atoms with Crippen molar-refractivity contribution in [3.8, 4) is 45.3 Å². The number of benzene rings is 7. The van der Waals surface area contributed by atoms with Crippen LogP contribution in [0.5, 0.6) is 0 Å². The quantitative estimate of drug-likeness (QED) is 0.188. The third-order valence-electron chi connectivity index (χ3n) is 9.73. The zero-order valence-corrected chi connectivity index (χ0v) is 27.1. The Morgan fingerprint density at radius 1 is 0.320 bits per heavy atom. The highest BCUT2D eigenvalue weighted by atomic mass is 15.0. The van der Waals surface area contributed by atoms with Gasteiger partial charge in [0.05, 0.1) is 33.5 Å². The summed E-state index contributed by atoms with van der Waals surface area (Å²) in [6.45, 7) is 0. The van der Waals surface area contributed by atoms with Gasteiger partial charge in [-0.15, -0.1) is 0 Å². The first-order valence-corrected chi connectivity index (χ1v) is 16.9. The van der Waals surface area contributed by atoms with E-state index in [1.165, 1.54) is 43.6 Å². The van der Waals surface area contributed by atoms with E-state index in [1.807, 2.05) is 36.4 Å². The van der Waals surface area contributed by atoms with Crippen molar-refractivity contribution in [1.82, 2.24) is 19.1 Å². The van der Waals surface area contributed by atoms with Crippen LogP contribution in [0.25, 0.3) is 88.9 Å². The van der Waals surface area contributed by atoms with Gasteiger partial charge in [0.2, 0.25) is 0 Å². The fourth-order valence-corrected chi connectivity index (χ4v) is 7.46. The summed E-state index contributed by atoms with van der Waals surface area (Å²) >= 11 is 0. The molecule has 0 spiro atoms. The van der Waals surface area contributed by atoms with Crippen molar-refractivity contribution in [3.63, 3.8) is 0 Å². The predicted molar refractivity (Wildman–Crippen MR) is 207 cm³/mol. The summed E-state index contributed by atoms with van der Waals surface area (Å²) < 4.78 is 4.85. The van der Waals surface area contributed by atoms with E-state index in [0.29, 0.717) is 5.82 Å². The molecule has 7 aromatic carbocycles. The molecule has 0 fully saturated rings. The molecule has 0 unspecified atom stereocenters. The SMILES string of the molecule is c1ccc(-c2cc(-c3ccc(-n4c5ccccc5c5ccc6c7ccccc7n(-c7ccccc7)c6c54)cc3)nc(-c3ccccc3)n2)cc1. The lowest BCUT2D eigenvalue weighted by Crippen LogP contribution is -1.99. The van der Waals surface area contributed by atoms with Gasteiger partial charge in [0.1, 0.15) is 0 Å². The first-order valence-electron chi connectivity index (χ1n) is 16.9. The van der Waals surface area contributed by atoms with Crippen LogP contribution in [-0.2, 0) is 0 Å². The highest BCUT2D eigenvalue weighted by Gasteiger charge is 2.21. The molecule has 4 nitrogen and oxygen atoms in total. The third kappa shape index (κ3) is 4.46. The Labute approximate surface area is 289 Å². The lowest BCUT2D eigenvalue weighted by Gasteiger charge is -2.13. The third-order valence-corrected chi connectivity index (χ3v) is 9.73.